The van der Waals surface area contributed by atoms with E-state index in [0.717, 1.165) is 17.6 Å². The van der Waals surface area contributed by atoms with E-state index in [2.05, 4.69) is 160 Å². The van der Waals surface area contributed by atoms with E-state index in [1.165, 1.54) is 88.9 Å². The molecule has 1 aliphatic carbocycles. The van der Waals surface area contributed by atoms with Crippen molar-refractivity contribution in [2.45, 2.75) is 59.0 Å². The first-order valence-corrected chi connectivity index (χ1v) is 17.2. The second-order valence-electron chi connectivity index (χ2n) is 15.2. The first kappa shape index (κ1) is 27.8. The van der Waals surface area contributed by atoms with Gasteiger partial charge in [0.1, 0.15) is 27.9 Å². The van der Waals surface area contributed by atoms with Crippen molar-refractivity contribution in [2.75, 3.05) is 0 Å². The van der Waals surface area contributed by atoms with Crippen LogP contribution >= 0.6 is 0 Å². The van der Waals surface area contributed by atoms with Crippen LogP contribution in [0.5, 0.6) is 0 Å². The van der Waals surface area contributed by atoms with Crippen molar-refractivity contribution in [1.29, 1.82) is 0 Å². The molecule has 232 valence electrons. The van der Waals surface area contributed by atoms with Crippen LogP contribution < -0.4 is 9.13 Å². The van der Waals surface area contributed by atoms with Gasteiger partial charge in [-0.15, -0.1) is 9.13 Å². The summed E-state index contributed by atoms with van der Waals surface area (Å²) < 4.78 is 12.2. The molecule has 0 N–H and O–H groups in total. The van der Waals surface area contributed by atoms with Gasteiger partial charge in [0, 0.05) is 40.1 Å². The fraction of sp³-hybridized carbons (Fsp3) is 0.200. The third-order valence-electron chi connectivity index (χ3n) is 11.2. The summed E-state index contributed by atoms with van der Waals surface area (Å²) in [7, 11) is 0. The van der Waals surface area contributed by atoms with Gasteiger partial charge in [-0.25, -0.2) is 0 Å². The van der Waals surface area contributed by atoms with Gasteiger partial charge in [0.25, 0.3) is 0 Å². The van der Waals surface area contributed by atoms with Crippen molar-refractivity contribution in [3.63, 3.8) is 0 Å². The lowest BCUT2D eigenvalue weighted by Gasteiger charge is -2.25. The molecule has 10 rings (SSSR count). The second kappa shape index (κ2) is 9.20. The molecule has 3 nitrogen and oxygen atoms in total. The fourth-order valence-corrected chi connectivity index (χ4v) is 9.21. The Morgan fingerprint density at radius 1 is 0.667 bits per heavy atom. The minimum Gasteiger partial charge on any atom is -0.454 e. The van der Waals surface area contributed by atoms with Crippen LogP contribution in [-0.4, -0.2) is 0 Å². The van der Waals surface area contributed by atoms with E-state index in [-0.39, 0.29) is 5.41 Å². The number of benzene rings is 4. The van der Waals surface area contributed by atoms with Crippen molar-refractivity contribution in [3.05, 3.63) is 148 Å². The summed E-state index contributed by atoms with van der Waals surface area (Å²) in [6, 6.07) is 34.0. The Kier molecular flexibility index (Phi) is 5.33. The van der Waals surface area contributed by atoms with E-state index in [4.69, 9.17) is 4.42 Å². The highest BCUT2D eigenvalue weighted by Crippen LogP contribution is 2.52. The zero-order chi connectivity index (χ0) is 32.7. The van der Waals surface area contributed by atoms with Gasteiger partial charge in [-0.3, -0.25) is 0 Å². The van der Waals surface area contributed by atoms with Crippen LogP contribution in [0.3, 0.4) is 0 Å². The zero-order valence-corrected chi connectivity index (χ0v) is 28.4. The number of allylic oxidation sites excluding steroid dienone is 1. The Labute approximate surface area is 281 Å². The maximum absolute atomic E-state index is 7.15. The minimum atomic E-state index is -0.608. The predicted molar refractivity (Wildman–Crippen MR) is 194 cm³/mol. The first-order valence-electron chi connectivity index (χ1n) is 17.2. The zero-order valence-electron chi connectivity index (χ0n) is 28.4. The lowest BCUT2D eigenvalue weighted by molar-refractivity contribution is -0.955. The van der Waals surface area contributed by atoms with Crippen molar-refractivity contribution >= 4 is 28.0 Å². The lowest BCUT2D eigenvalue weighted by atomic mass is 9.80. The molecule has 0 saturated carbocycles. The standard InChI is InChI=1S/C45H38N2O/c1-26-22-29-17-18-30-31-19-20-36-41(43(31)48-42(30)33(29)23-26)39-24-34(40-27(2)12-11-13-28(40)3)37(44(4,5)6)25-47(39)45(36)35-15-8-7-14-32(35)38-16-9-10-21-46(38)45/h7-21,23-25H,22H2,1-6H3/q+2. The maximum atomic E-state index is 7.15. The Balaban J connectivity index is 1.42. The molecule has 2 aliphatic heterocycles. The van der Waals surface area contributed by atoms with E-state index in [1.54, 1.807) is 0 Å². The summed E-state index contributed by atoms with van der Waals surface area (Å²) in [5, 5.41) is 2.36. The molecular formula is C45H38N2O+2. The van der Waals surface area contributed by atoms with Gasteiger partial charge in [0.2, 0.25) is 11.4 Å². The second-order valence-corrected chi connectivity index (χ2v) is 15.2. The van der Waals surface area contributed by atoms with Gasteiger partial charge >= 0.3 is 5.66 Å². The van der Waals surface area contributed by atoms with Crippen molar-refractivity contribution in [1.82, 2.24) is 0 Å². The highest BCUT2D eigenvalue weighted by atomic mass is 16.3. The normalized spacial score (nSPS) is 17.1. The van der Waals surface area contributed by atoms with Crippen LogP contribution in [0.1, 0.15) is 66.6 Å². The van der Waals surface area contributed by atoms with E-state index in [1.807, 2.05) is 0 Å². The van der Waals surface area contributed by atoms with Gasteiger partial charge in [-0.1, -0.05) is 74.9 Å². The number of nitrogens with zero attached hydrogens (tertiary/aromatic N) is 2. The molecule has 48 heavy (non-hydrogen) atoms. The van der Waals surface area contributed by atoms with Gasteiger partial charge in [0.05, 0.1) is 5.56 Å². The quantitative estimate of drug-likeness (QED) is 0.167. The maximum Gasteiger partial charge on any atom is 0.417 e. The monoisotopic (exact) mass is 622 g/mol. The molecular weight excluding hydrogens is 585 g/mol. The van der Waals surface area contributed by atoms with E-state index in [9.17, 15) is 0 Å². The van der Waals surface area contributed by atoms with Crippen LogP contribution in [-0.2, 0) is 17.5 Å². The van der Waals surface area contributed by atoms with E-state index in [0.29, 0.717) is 0 Å². The summed E-state index contributed by atoms with van der Waals surface area (Å²) in [5.74, 6) is 0. The van der Waals surface area contributed by atoms with Crippen LogP contribution in [0, 0.1) is 13.8 Å². The van der Waals surface area contributed by atoms with Crippen LogP contribution in [0.25, 0.3) is 61.7 Å². The number of aromatic nitrogens is 2. The molecule has 4 aromatic carbocycles. The Morgan fingerprint density at radius 2 is 1.42 bits per heavy atom. The fourth-order valence-electron chi connectivity index (χ4n) is 9.21. The molecule has 0 amide bonds. The molecule has 0 fully saturated rings. The Bertz CT molecular complexity index is 2540. The molecule has 1 spiro atoms. The number of fused-ring (bicyclic) bond motifs is 16. The topological polar surface area (TPSA) is 20.9 Å². The summed E-state index contributed by atoms with van der Waals surface area (Å²) >= 11 is 0. The molecule has 3 aliphatic rings. The first-order chi connectivity index (χ1) is 23.2. The molecule has 7 aromatic rings. The Morgan fingerprint density at radius 3 is 2.23 bits per heavy atom. The third-order valence-corrected chi connectivity index (χ3v) is 11.2. The number of rotatable bonds is 1. The number of aryl methyl sites for hydroxylation is 2. The van der Waals surface area contributed by atoms with Crippen molar-refractivity contribution in [3.8, 4) is 33.6 Å². The van der Waals surface area contributed by atoms with Crippen LogP contribution in [0.2, 0.25) is 0 Å². The number of pyridine rings is 2. The van der Waals surface area contributed by atoms with Crippen molar-refractivity contribution < 1.29 is 13.6 Å². The van der Waals surface area contributed by atoms with Gasteiger partial charge in [-0.05, 0) is 90.8 Å². The van der Waals surface area contributed by atoms with Gasteiger partial charge in [-0.2, -0.15) is 0 Å². The minimum absolute atomic E-state index is 0.107. The largest absolute Gasteiger partial charge is 0.454 e. The molecule has 1 unspecified atom stereocenters. The highest BCUT2D eigenvalue weighted by molar-refractivity contribution is 6.12. The average Bonchev–Trinajstić information content (AvgIpc) is 3.79. The van der Waals surface area contributed by atoms with Gasteiger partial charge in [0.15, 0.2) is 12.4 Å². The molecule has 0 bridgehead atoms. The summed E-state index contributed by atoms with van der Waals surface area (Å²) in [4.78, 5) is 0. The average molecular weight is 623 g/mol. The van der Waals surface area contributed by atoms with E-state index >= 15 is 0 Å². The molecule has 5 heterocycles. The van der Waals surface area contributed by atoms with Gasteiger partial charge < -0.3 is 4.42 Å². The number of hydrogen-bond acceptors (Lipinski definition) is 1. The summed E-state index contributed by atoms with van der Waals surface area (Å²) in [6.45, 7) is 13.8. The SMILES string of the molecule is CC1=Cc2c(ccc3c2oc2c4c(ccc23)C2(c3ccccc3-c3cccc[n+]32)[n+]2cc(C(C)(C)C)c(-c3c(C)cccc3C)cc2-4)C1. The molecule has 0 radical (unpaired) electrons. The molecule has 3 aromatic heterocycles. The number of hydrogen-bond donors (Lipinski definition) is 0. The Hall–Kier alpha value is -5.28. The predicted octanol–water partition coefficient (Wildman–Crippen LogP) is 9.96. The lowest BCUT2D eigenvalue weighted by Crippen LogP contribution is -2.71. The highest BCUT2D eigenvalue weighted by Gasteiger charge is 2.67. The van der Waals surface area contributed by atoms with Crippen LogP contribution in [0.15, 0.2) is 113 Å². The van der Waals surface area contributed by atoms with Crippen molar-refractivity contribution in [2.24, 2.45) is 0 Å². The smallest absolute Gasteiger partial charge is 0.417 e. The van der Waals surface area contributed by atoms with Crippen LogP contribution in [0.4, 0.5) is 0 Å². The summed E-state index contributed by atoms with van der Waals surface area (Å²) in [5.41, 5.74) is 19.2. The molecule has 1 atom stereocenters. The third kappa shape index (κ3) is 3.34. The molecule has 3 heteroatoms. The van der Waals surface area contributed by atoms with E-state index < -0.39 is 5.66 Å². The number of furan rings is 1. The summed E-state index contributed by atoms with van der Waals surface area (Å²) in [6.07, 6.45) is 8.04. The molecule has 0 saturated heterocycles.